The SMILES string of the molecule is CCOc1ccc(N2C(=O)/C(=C/c3ccccc3OCC(=O)Nc3ccc(C)cc3)SC2=S)cc1. The van der Waals surface area contributed by atoms with Crippen LogP contribution in [0.4, 0.5) is 11.4 Å². The van der Waals surface area contributed by atoms with Crippen LogP contribution >= 0.6 is 24.0 Å². The van der Waals surface area contributed by atoms with E-state index in [1.54, 1.807) is 12.1 Å². The van der Waals surface area contributed by atoms with E-state index >= 15 is 0 Å². The molecule has 3 aromatic carbocycles. The number of aryl methyl sites for hydroxylation is 1. The molecule has 0 unspecified atom stereocenters. The first-order chi connectivity index (χ1) is 16.9. The van der Waals surface area contributed by atoms with E-state index in [4.69, 9.17) is 21.7 Å². The third-order valence-electron chi connectivity index (χ3n) is 5.10. The molecule has 0 aromatic heterocycles. The lowest BCUT2D eigenvalue weighted by Crippen LogP contribution is -2.27. The number of hydrogen-bond donors (Lipinski definition) is 1. The summed E-state index contributed by atoms with van der Waals surface area (Å²) in [6.45, 7) is 4.31. The molecule has 178 valence electrons. The van der Waals surface area contributed by atoms with E-state index in [1.165, 1.54) is 16.7 Å². The fraction of sp³-hybridized carbons (Fsp3) is 0.148. The van der Waals surface area contributed by atoms with E-state index in [-0.39, 0.29) is 18.4 Å². The Bertz CT molecular complexity index is 1270. The number of thiocarbonyl (C=S) groups is 1. The van der Waals surface area contributed by atoms with Gasteiger partial charge in [-0.05, 0) is 62.4 Å². The topological polar surface area (TPSA) is 67.9 Å². The molecule has 0 aliphatic carbocycles. The van der Waals surface area contributed by atoms with E-state index < -0.39 is 0 Å². The zero-order valence-electron chi connectivity index (χ0n) is 19.3. The highest BCUT2D eigenvalue weighted by molar-refractivity contribution is 8.27. The van der Waals surface area contributed by atoms with Gasteiger partial charge in [-0.3, -0.25) is 14.5 Å². The highest BCUT2D eigenvalue weighted by Crippen LogP contribution is 2.37. The summed E-state index contributed by atoms with van der Waals surface area (Å²) in [6, 6.07) is 22.0. The zero-order valence-corrected chi connectivity index (χ0v) is 20.9. The van der Waals surface area contributed by atoms with Gasteiger partial charge in [0.1, 0.15) is 11.5 Å². The van der Waals surface area contributed by atoms with Crippen molar-refractivity contribution in [2.45, 2.75) is 13.8 Å². The van der Waals surface area contributed by atoms with Crippen LogP contribution in [0.1, 0.15) is 18.1 Å². The molecule has 2 amide bonds. The third-order valence-corrected chi connectivity index (χ3v) is 6.40. The Morgan fingerprint density at radius 3 is 2.46 bits per heavy atom. The van der Waals surface area contributed by atoms with Gasteiger partial charge in [0.2, 0.25) is 0 Å². The molecule has 8 heteroatoms. The van der Waals surface area contributed by atoms with Crippen molar-refractivity contribution in [2.24, 2.45) is 0 Å². The molecule has 0 bridgehead atoms. The molecule has 0 spiro atoms. The summed E-state index contributed by atoms with van der Waals surface area (Å²) in [6.07, 6.45) is 1.74. The van der Waals surface area contributed by atoms with Gasteiger partial charge in [0, 0.05) is 11.3 Å². The minimum atomic E-state index is -0.273. The maximum Gasteiger partial charge on any atom is 0.270 e. The van der Waals surface area contributed by atoms with Gasteiger partial charge in [0.05, 0.1) is 17.2 Å². The van der Waals surface area contributed by atoms with E-state index in [2.05, 4.69) is 5.32 Å². The molecular weight excluding hydrogens is 480 g/mol. The second kappa shape index (κ2) is 11.2. The highest BCUT2D eigenvalue weighted by atomic mass is 32.2. The number of nitrogens with zero attached hydrogens (tertiary/aromatic N) is 1. The fourth-order valence-corrected chi connectivity index (χ4v) is 4.69. The van der Waals surface area contributed by atoms with Crippen molar-refractivity contribution in [3.05, 3.63) is 88.8 Å². The van der Waals surface area contributed by atoms with Crippen molar-refractivity contribution in [1.82, 2.24) is 0 Å². The molecule has 6 nitrogen and oxygen atoms in total. The summed E-state index contributed by atoms with van der Waals surface area (Å²) in [5.41, 5.74) is 3.18. The second-order valence-electron chi connectivity index (χ2n) is 7.68. The number of nitrogens with one attached hydrogen (secondary N) is 1. The maximum absolute atomic E-state index is 13.1. The van der Waals surface area contributed by atoms with Crippen LogP contribution in [0.15, 0.2) is 77.7 Å². The number of para-hydroxylation sites is 1. The van der Waals surface area contributed by atoms with Crippen molar-refractivity contribution in [3.63, 3.8) is 0 Å². The van der Waals surface area contributed by atoms with E-state index in [0.717, 1.165) is 11.3 Å². The van der Waals surface area contributed by atoms with Crippen molar-refractivity contribution in [3.8, 4) is 11.5 Å². The normalized spacial score (nSPS) is 14.3. The van der Waals surface area contributed by atoms with Crippen LogP contribution in [0.25, 0.3) is 6.08 Å². The number of amides is 2. The van der Waals surface area contributed by atoms with Crippen LogP contribution in [0.3, 0.4) is 0 Å². The number of carbonyl (C=O) groups is 2. The molecule has 1 N–H and O–H groups in total. The van der Waals surface area contributed by atoms with Crippen LogP contribution in [-0.4, -0.2) is 29.3 Å². The van der Waals surface area contributed by atoms with Gasteiger partial charge in [-0.2, -0.15) is 0 Å². The Morgan fingerprint density at radius 2 is 1.74 bits per heavy atom. The molecule has 1 aliphatic rings. The summed E-state index contributed by atoms with van der Waals surface area (Å²) in [5.74, 6) is 0.745. The minimum absolute atomic E-state index is 0.161. The number of anilines is 2. The van der Waals surface area contributed by atoms with Crippen molar-refractivity contribution < 1.29 is 19.1 Å². The first-order valence-electron chi connectivity index (χ1n) is 11.0. The predicted octanol–water partition coefficient (Wildman–Crippen LogP) is 5.82. The minimum Gasteiger partial charge on any atom is -0.494 e. The van der Waals surface area contributed by atoms with Gasteiger partial charge in [-0.1, -0.05) is 59.9 Å². The van der Waals surface area contributed by atoms with Crippen molar-refractivity contribution in [1.29, 1.82) is 0 Å². The Labute approximate surface area is 213 Å². The number of thioether (sulfide) groups is 1. The second-order valence-corrected chi connectivity index (χ2v) is 9.36. The van der Waals surface area contributed by atoms with Crippen LogP contribution in [0, 0.1) is 6.92 Å². The molecule has 3 aromatic rings. The fourth-order valence-electron chi connectivity index (χ4n) is 3.40. The van der Waals surface area contributed by atoms with Gasteiger partial charge in [-0.25, -0.2) is 0 Å². The first-order valence-corrected chi connectivity index (χ1v) is 12.3. The Hall–Kier alpha value is -3.62. The monoisotopic (exact) mass is 504 g/mol. The average Bonchev–Trinajstić information content (AvgIpc) is 3.13. The molecule has 1 saturated heterocycles. The number of benzene rings is 3. The number of rotatable bonds is 8. The van der Waals surface area contributed by atoms with Crippen LogP contribution < -0.4 is 19.7 Å². The molecule has 1 heterocycles. The smallest absolute Gasteiger partial charge is 0.270 e. The third kappa shape index (κ3) is 6.09. The van der Waals surface area contributed by atoms with Crippen molar-refractivity contribution in [2.75, 3.05) is 23.4 Å². The summed E-state index contributed by atoms with van der Waals surface area (Å²) in [7, 11) is 0. The molecule has 1 aliphatic heterocycles. The molecule has 1 fully saturated rings. The van der Waals surface area contributed by atoms with E-state index in [1.807, 2.05) is 80.6 Å². The van der Waals surface area contributed by atoms with Gasteiger partial charge in [-0.15, -0.1) is 0 Å². The quantitative estimate of drug-likeness (QED) is 0.308. The average molecular weight is 505 g/mol. The summed E-state index contributed by atoms with van der Waals surface area (Å²) >= 11 is 6.70. The lowest BCUT2D eigenvalue weighted by Gasteiger charge is -2.15. The van der Waals surface area contributed by atoms with E-state index in [9.17, 15) is 9.59 Å². The lowest BCUT2D eigenvalue weighted by atomic mass is 10.2. The summed E-state index contributed by atoms with van der Waals surface area (Å²) in [4.78, 5) is 27.5. The molecular formula is C27H24N2O4S2. The molecule has 35 heavy (non-hydrogen) atoms. The van der Waals surface area contributed by atoms with Gasteiger partial charge in [0.25, 0.3) is 11.8 Å². The molecule has 4 rings (SSSR count). The summed E-state index contributed by atoms with van der Waals surface area (Å²) < 4.78 is 11.7. The zero-order chi connectivity index (χ0) is 24.8. The lowest BCUT2D eigenvalue weighted by molar-refractivity contribution is -0.118. The maximum atomic E-state index is 13.1. The Balaban J connectivity index is 1.46. The molecule has 0 atom stereocenters. The van der Waals surface area contributed by atoms with Crippen LogP contribution in [-0.2, 0) is 9.59 Å². The van der Waals surface area contributed by atoms with E-state index in [0.29, 0.717) is 38.5 Å². The van der Waals surface area contributed by atoms with Crippen LogP contribution in [0.5, 0.6) is 11.5 Å². The largest absolute Gasteiger partial charge is 0.494 e. The van der Waals surface area contributed by atoms with Crippen molar-refractivity contribution >= 4 is 57.6 Å². The summed E-state index contributed by atoms with van der Waals surface area (Å²) in [5, 5.41) is 2.81. The predicted molar refractivity (Wildman–Crippen MR) is 145 cm³/mol. The number of hydrogen-bond acceptors (Lipinski definition) is 6. The van der Waals surface area contributed by atoms with Gasteiger partial charge < -0.3 is 14.8 Å². The Morgan fingerprint density at radius 1 is 1.03 bits per heavy atom. The van der Waals surface area contributed by atoms with Crippen LogP contribution in [0.2, 0.25) is 0 Å². The van der Waals surface area contributed by atoms with Gasteiger partial charge in [0.15, 0.2) is 10.9 Å². The Kier molecular flexibility index (Phi) is 7.84. The highest BCUT2D eigenvalue weighted by Gasteiger charge is 2.33. The molecule has 0 radical (unpaired) electrons. The molecule has 0 saturated carbocycles. The number of ether oxygens (including phenoxy) is 2. The van der Waals surface area contributed by atoms with Gasteiger partial charge >= 0.3 is 0 Å². The standard InChI is InChI=1S/C27H24N2O4S2/c1-3-32-22-14-12-21(13-15-22)29-26(31)24(35-27(29)34)16-19-6-4-5-7-23(19)33-17-25(30)28-20-10-8-18(2)9-11-20/h4-16H,3,17H2,1-2H3,(H,28,30)/b24-16-. The first kappa shape index (κ1) is 24.5. The number of carbonyl (C=O) groups excluding carboxylic acids is 2.